The van der Waals surface area contributed by atoms with Crippen molar-refractivity contribution >= 4 is 50.2 Å². The van der Waals surface area contributed by atoms with Gasteiger partial charge < -0.3 is 15.9 Å². The molecule has 0 fully saturated rings. The van der Waals surface area contributed by atoms with Gasteiger partial charge in [-0.3, -0.25) is 0 Å². The summed E-state index contributed by atoms with van der Waals surface area (Å²) in [7, 11) is 1.60. The third-order valence-electron chi connectivity index (χ3n) is 4.45. The van der Waals surface area contributed by atoms with Crippen molar-refractivity contribution in [1.29, 1.82) is 5.41 Å². The zero-order valence-electron chi connectivity index (χ0n) is 15.8. The number of hydrogen-bond donors (Lipinski definition) is 2. The van der Waals surface area contributed by atoms with Gasteiger partial charge in [-0.05, 0) is 29.0 Å². The van der Waals surface area contributed by atoms with Crippen molar-refractivity contribution < 1.29 is 4.74 Å². The Hall–Kier alpha value is -3.58. The molecule has 0 spiro atoms. The molecule has 0 radical (unpaired) electrons. The maximum absolute atomic E-state index is 7.87. The summed E-state index contributed by atoms with van der Waals surface area (Å²) in [5, 5.41) is 10.7. The Kier molecular flexibility index (Phi) is 5.31. The van der Waals surface area contributed by atoms with Gasteiger partial charge in [0.2, 0.25) is 5.96 Å². The summed E-state index contributed by atoms with van der Waals surface area (Å²) in [5.41, 5.74) is 8.12. The highest BCUT2D eigenvalue weighted by Crippen LogP contribution is 2.28. The lowest BCUT2D eigenvalue weighted by Crippen LogP contribution is -2.15. The molecule has 0 atom stereocenters. The number of rotatable bonds is 5. The van der Waals surface area contributed by atoms with E-state index >= 15 is 0 Å². The molecule has 0 saturated heterocycles. The molecule has 144 valence electrons. The number of nitrogens with two attached hydrogens (primary N) is 1. The first-order chi connectivity index (χ1) is 14.2. The Bertz CT molecular complexity index is 1230. The van der Waals surface area contributed by atoms with Gasteiger partial charge in [0.1, 0.15) is 10.8 Å². The second kappa shape index (κ2) is 8.20. The average Bonchev–Trinajstić information content (AvgIpc) is 3.18. The molecule has 0 bridgehead atoms. The van der Waals surface area contributed by atoms with Gasteiger partial charge in [0, 0.05) is 6.21 Å². The largest absolute Gasteiger partial charge is 0.496 e. The van der Waals surface area contributed by atoms with E-state index in [0.29, 0.717) is 18.0 Å². The monoisotopic (exact) mass is 401 g/mol. The first-order valence-electron chi connectivity index (χ1n) is 8.99. The topological polar surface area (TPSA) is 96.7 Å². The number of aliphatic imine (C=N–C) groups is 2. The molecule has 0 amide bonds. The Balaban J connectivity index is 1.69. The zero-order valence-corrected chi connectivity index (χ0v) is 16.6. The van der Waals surface area contributed by atoms with E-state index in [-0.39, 0.29) is 5.96 Å². The highest BCUT2D eigenvalue weighted by molar-refractivity contribution is 7.18. The number of para-hydroxylation sites is 1. The number of hydrogen-bond acceptors (Lipinski definition) is 5. The van der Waals surface area contributed by atoms with Gasteiger partial charge in [0.15, 0.2) is 0 Å². The minimum absolute atomic E-state index is 0.0951. The van der Waals surface area contributed by atoms with E-state index in [4.69, 9.17) is 15.9 Å². The van der Waals surface area contributed by atoms with Gasteiger partial charge >= 0.3 is 0 Å². The van der Waals surface area contributed by atoms with Crippen molar-refractivity contribution in [3.05, 3.63) is 71.2 Å². The molecule has 0 unspecified atom stereocenters. The summed E-state index contributed by atoms with van der Waals surface area (Å²) < 4.78 is 6.62. The smallest absolute Gasteiger partial charge is 0.216 e. The standard InChI is InChI=1S/C22H19N5OS/c1-28-18-11-10-14-6-2-3-7-15(14)21(18)17(12-23)27-22(24)25-13-20-26-16-8-4-5-9-19(16)29-20/h2-12,23H,13H2,1H3,(H2,24,25)/b23-12?,27-17+. The normalized spacial score (nSPS) is 12.4. The predicted octanol–water partition coefficient (Wildman–Crippen LogP) is 4.41. The van der Waals surface area contributed by atoms with Crippen molar-refractivity contribution in [3.8, 4) is 5.75 Å². The van der Waals surface area contributed by atoms with Crippen LogP contribution in [0, 0.1) is 5.41 Å². The van der Waals surface area contributed by atoms with Crippen molar-refractivity contribution in [3.63, 3.8) is 0 Å². The fourth-order valence-corrected chi connectivity index (χ4v) is 4.03. The SMILES string of the molecule is COc1ccc2ccccc2c1/C(C=N)=N/C(N)=NCc1nc2ccccc2s1. The molecule has 4 rings (SSSR count). The van der Waals surface area contributed by atoms with E-state index in [1.807, 2.05) is 60.7 Å². The van der Waals surface area contributed by atoms with E-state index < -0.39 is 0 Å². The van der Waals surface area contributed by atoms with Gasteiger partial charge in [-0.2, -0.15) is 0 Å². The Morgan fingerprint density at radius 3 is 2.72 bits per heavy atom. The van der Waals surface area contributed by atoms with Crippen LogP contribution >= 0.6 is 11.3 Å². The third-order valence-corrected chi connectivity index (χ3v) is 5.47. The van der Waals surface area contributed by atoms with E-state index in [1.165, 1.54) is 6.21 Å². The predicted molar refractivity (Wildman–Crippen MR) is 121 cm³/mol. The Morgan fingerprint density at radius 1 is 1.14 bits per heavy atom. The molecule has 7 heteroatoms. The molecule has 0 aliphatic carbocycles. The van der Waals surface area contributed by atoms with Gasteiger partial charge in [-0.25, -0.2) is 15.0 Å². The van der Waals surface area contributed by atoms with Crippen LogP contribution in [0.5, 0.6) is 5.75 Å². The fraction of sp³-hybridized carbons (Fsp3) is 0.0909. The maximum Gasteiger partial charge on any atom is 0.216 e. The second-order valence-electron chi connectivity index (χ2n) is 6.26. The summed E-state index contributed by atoms with van der Waals surface area (Å²) in [5.74, 6) is 0.725. The molecule has 4 aromatic rings. The van der Waals surface area contributed by atoms with Crippen LogP contribution in [0.25, 0.3) is 21.0 Å². The van der Waals surface area contributed by atoms with E-state index in [9.17, 15) is 0 Å². The number of nitrogens with one attached hydrogen (secondary N) is 1. The number of fused-ring (bicyclic) bond motifs is 2. The van der Waals surface area contributed by atoms with Gasteiger partial charge in [0.25, 0.3) is 0 Å². The molecule has 0 aliphatic heterocycles. The van der Waals surface area contributed by atoms with Gasteiger partial charge in [0.05, 0.1) is 35.1 Å². The van der Waals surface area contributed by atoms with Crippen molar-refractivity contribution in [2.45, 2.75) is 6.54 Å². The van der Waals surface area contributed by atoms with Crippen molar-refractivity contribution in [2.24, 2.45) is 15.7 Å². The molecule has 3 aromatic carbocycles. The average molecular weight is 401 g/mol. The van der Waals surface area contributed by atoms with Crippen LogP contribution < -0.4 is 10.5 Å². The van der Waals surface area contributed by atoms with E-state index in [1.54, 1.807) is 18.4 Å². The molecule has 0 aliphatic rings. The first kappa shape index (κ1) is 18.8. The number of ether oxygens (including phenoxy) is 1. The van der Waals surface area contributed by atoms with Crippen LogP contribution in [0.3, 0.4) is 0 Å². The van der Waals surface area contributed by atoms with Crippen molar-refractivity contribution in [2.75, 3.05) is 7.11 Å². The summed E-state index contributed by atoms with van der Waals surface area (Å²) in [4.78, 5) is 13.3. The molecule has 6 nitrogen and oxygen atoms in total. The van der Waals surface area contributed by atoms with Crippen molar-refractivity contribution in [1.82, 2.24) is 4.98 Å². The molecule has 1 heterocycles. The second-order valence-corrected chi connectivity index (χ2v) is 7.37. The fourth-order valence-electron chi connectivity index (χ4n) is 3.14. The van der Waals surface area contributed by atoms with Crippen LogP contribution in [0.1, 0.15) is 10.6 Å². The molecule has 0 saturated carbocycles. The number of benzene rings is 3. The highest BCUT2D eigenvalue weighted by atomic mass is 32.1. The zero-order chi connectivity index (χ0) is 20.2. The number of thiazole rings is 1. The quantitative estimate of drug-likeness (QED) is 0.383. The van der Waals surface area contributed by atoms with Crippen LogP contribution in [-0.2, 0) is 6.54 Å². The third kappa shape index (κ3) is 3.86. The number of methoxy groups -OCH3 is 1. The lowest BCUT2D eigenvalue weighted by Gasteiger charge is -2.11. The lowest BCUT2D eigenvalue weighted by atomic mass is 10.00. The summed E-state index contributed by atoms with van der Waals surface area (Å²) in [6.45, 7) is 0.340. The minimum Gasteiger partial charge on any atom is -0.496 e. The summed E-state index contributed by atoms with van der Waals surface area (Å²) in [6, 6.07) is 19.7. The van der Waals surface area contributed by atoms with Gasteiger partial charge in [-0.1, -0.05) is 42.5 Å². The van der Waals surface area contributed by atoms with E-state index in [2.05, 4.69) is 15.0 Å². The Morgan fingerprint density at radius 2 is 1.93 bits per heavy atom. The van der Waals surface area contributed by atoms with Gasteiger partial charge in [-0.15, -0.1) is 11.3 Å². The Labute approximate surface area is 171 Å². The molecule has 3 N–H and O–H groups in total. The number of nitrogens with zero attached hydrogens (tertiary/aromatic N) is 3. The van der Waals surface area contributed by atoms with Crippen LogP contribution in [-0.4, -0.2) is 30.0 Å². The maximum atomic E-state index is 7.87. The number of aromatic nitrogens is 1. The molecular formula is C22H19N5OS. The highest BCUT2D eigenvalue weighted by Gasteiger charge is 2.13. The van der Waals surface area contributed by atoms with Crippen LogP contribution in [0.4, 0.5) is 0 Å². The minimum atomic E-state index is 0.0951. The van der Waals surface area contributed by atoms with Crippen LogP contribution in [0.2, 0.25) is 0 Å². The molecule has 1 aromatic heterocycles. The number of guanidine groups is 1. The lowest BCUT2D eigenvalue weighted by molar-refractivity contribution is 0.414. The summed E-state index contributed by atoms with van der Waals surface area (Å²) >= 11 is 1.58. The molecular weight excluding hydrogens is 382 g/mol. The van der Waals surface area contributed by atoms with Crippen LogP contribution in [0.15, 0.2) is 70.6 Å². The van der Waals surface area contributed by atoms with E-state index in [0.717, 1.165) is 31.6 Å². The molecule has 29 heavy (non-hydrogen) atoms. The summed E-state index contributed by atoms with van der Waals surface area (Å²) in [6.07, 6.45) is 1.17. The first-order valence-corrected chi connectivity index (χ1v) is 9.81.